The number of thiophene rings is 1. The van der Waals surface area contributed by atoms with Crippen LogP contribution in [0.25, 0.3) is 0 Å². The van der Waals surface area contributed by atoms with Gasteiger partial charge in [0.25, 0.3) is 0 Å². The lowest BCUT2D eigenvalue weighted by Gasteiger charge is -2.27. The largest absolute Gasteiger partial charge is 0.385 e. The van der Waals surface area contributed by atoms with E-state index in [4.69, 9.17) is 4.74 Å². The van der Waals surface area contributed by atoms with Crippen molar-refractivity contribution in [1.82, 2.24) is 5.32 Å². The first kappa shape index (κ1) is 14.0. The lowest BCUT2D eigenvalue weighted by atomic mass is 9.95. The molecule has 0 spiro atoms. The molecule has 0 aromatic carbocycles. The van der Waals surface area contributed by atoms with Gasteiger partial charge in [0.15, 0.2) is 0 Å². The molecule has 1 N–H and O–H groups in total. The molecule has 1 aromatic heterocycles. The molecule has 0 aliphatic heterocycles. The van der Waals surface area contributed by atoms with Crippen LogP contribution in [0.2, 0.25) is 0 Å². The Morgan fingerprint density at radius 1 is 1.44 bits per heavy atom. The molecule has 2 nitrogen and oxygen atoms in total. The van der Waals surface area contributed by atoms with Crippen LogP contribution in [0.5, 0.6) is 0 Å². The van der Waals surface area contributed by atoms with Crippen LogP contribution in [-0.4, -0.2) is 19.8 Å². The van der Waals surface area contributed by atoms with Crippen LogP contribution in [0.1, 0.15) is 49.9 Å². The molecule has 1 fully saturated rings. The Morgan fingerprint density at radius 3 is 2.83 bits per heavy atom. The van der Waals surface area contributed by atoms with Crippen molar-refractivity contribution in [3.8, 4) is 0 Å². The highest BCUT2D eigenvalue weighted by Crippen LogP contribution is 2.37. The van der Waals surface area contributed by atoms with Crippen LogP contribution in [0.4, 0.5) is 0 Å². The van der Waals surface area contributed by atoms with Gasteiger partial charge in [0.05, 0.1) is 0 Å². The molecular formula is C15H25NOS. The monoisotopic (exact) mass is 267 g/mol. The summed E-state index contributed by atoms with van der Waals surface area (Å²) in [4.78, 5) is 1.51. The maximum atomic E-state index is 5.17. The predicted octanol–water partition coefficient (Wildman–Crippen LogP) is 3.99. The molecule has 0 bridgehead atoms. The molecule has 1 aliphatic rings. The van der Waals surface area contributed by atoms with Gasteiger partial charge < -0.3 is 10.1 Å². The molecule has 2 unspecified atom stereocenters. The SMILES string of the molecule is COCCC(C)NC(c1cccs1)C1CCCC1. The van der Waals surface area contributed by atoms with Crippen LogP contribution in [0.3, 0.4) is 0 Å². The first-order chi connectivity index (χ1) is 8.81. The minimum atomic E-state index is 0.526. The minimum Gasteiger partial charge on any atom is -0.385 e. The minimum absolute atomic E-state index is 0.526. The molecular weight excluding hydrogens is 242 g/mol. The van der Waals surface area contributed by atoms with Gasteiger partial charge in [-0.2, -0.15) is 0 Å². The first-order valence-corrected chi connectivity index (χ1v) is 7.97. The van der Waals surface area contributed by atoms with Crippen molar-refractivity contribution < 1.29 is 4.74 Å². The number of hydrogen-bond donors (Lipinski definition) is 1. The number of nitrogens with one attached hydrogen (secondary N) is 1. The zero-order valence-corrected chi connectivity index (χ0v) is 12.3. The molecule has 1 saturated carbocycles. The van der Waals surface area contributed by atoms with Gasteiger partial charge in [-0.15, -0.1) is 11.3 Å². The summed E-state index contributed by atoms with van der Waals surface area (Å²) in [6.45, 7) is 3.12. The van der Waals surface area contributed by atoms with Crippen molar-refractivity contribution in [1.29, 1.82) is 0 Å². The van der Waals surface area contributed by atoms with Crippen molar-refractivity contribution in [2.45, 2.75) is 51.1 Å². The molecule has 0 saturated heterocycles. The quantitative estimate of drug-likeness (QED) is 0.806. The second-order valence-corrected chi connectivity index (χ2v) is 6.37. The van der Waals surface area contributed by atoms with Crippen LogP contribution in [0, 0.1) is 5.92 Å². The lowest BCUT2D eigenvalue weighted by molar-refractivity contribution is 0.179. The van der Waals surface area contributed by atoms with Crippen LogP contribution >= 0.6 is 11.3 Å². The molecule has 1 heterocycles. The fraction of sp³-hybridized carbons (Fsp3) is 0.733. The normalized spacial score (nSPS) is 20.1. The summed E-state index contributed by atoms with van der Waals surface area (Å²) >= 11 is 1.89. The number of rotatable bonds is 7. The van der Waals surface area contributed by atoms with E-state index in [0.717, 1.165) is 18.9 Å². The molecule has 0 radical (unpaired) electrons. The van der Waals surface area contributed by atoms with E-state index in [9.17, 15) is 0 Å². The number of methoxy groups -OCH3 is 1. The number of ether oxygens (including phenoxy) is 1. The van der Waals surface area contributed by atoms with E-state index in [0.29, 0.717) is 12.1 Å². The predicted molar refractivity (Wildman–Crippen MR) is 78.1 cm³/mol. The highest BCUT2D eigenvalue weighted by Gasteiger charge is 2.27. The summed E-state index contributed by atoms with van der Waals surface area (Å²) in [5, 5.41) is 6.02. The average Bonchev–Trinajstić information content (AvgIpc) is 3.05. The van der Waals surface area contributed by atoms with Crippen LogP contribution in [-0.2, 0) is 4.74 Å². The second-order valence-electron chi connectivity index (χ2n) is 5.39. The van der Waals surface area contributed by atoms with E-state index in [1.165, 1.54) is 30.6 Å². The molecule has 2 rings (SSSR count). The molecule has 2 atom stereocenters. The van der Waals surface area contributed by atoms with E-state index in [1.54, 1.807) is 7.11 Å². The van der Waals surface area contributed by atoms with Gasteiger partial charge in [-0.1, -0.05) is 18.9 Å². The zero-order chi connectivity index (χ0) is 12.8. The third-order valence-electron chi connectivity index (χ3n) is 3.94. The molecule has 1 aromatic rings. The van der Waals surface area contributed by atoms with Crippen LogP contribution in [0.15, 0.2) is 17.5 Å². The van der Waals surface area contributed by atoms with Crippen molar-refractivity contribution in [2.75, 3.05) is 13.7 Å². The summed E-state index contributed by atoms with van der Waals surface area (Å²) < 4.78 is 5.17. The number of hydrogen-bond acceptors (Lipinski definition) is 3. The van der Waals surface area contributed by atoms with E-state index >= 15 is 0 Å². The zero-order valence-electron chi connectivity index (χ0n) is 11.5. The van der Waals surface area contributed by atoms with E-state index in [-0.39, 0.29) is 0 Å². The van der Waals surface area contributed by atoms with Crippen molar-refractivity contribution in [3.05, 3.63) is 22.4 Å². The van der Waals surface area contributed by atoms with E-state index in [2.05, 4.69) is 29.8 Å². The Labute approximate surface area is 115 Å². The Hall–Kier alpha value is -0.380. The second kappa shape index (κ2) is 7.27. The van der Waals surface area contributed by atoms with Gasteiger partial charge >= 0.3 is 0 Å². The van der Waals surface area contributed by atoms with Crippen molar-refractivity contribution in [2.24, 2.45) is 5.92 Å². The van der Waals surface area contributed by atoms with Gasteiger partial charge in [-0.25, -0.2) is 0 Å². The molecule has 18 heavy (non-hydrogen) atoms. The van der Waals surface area contributed by atoms with E-state index in [1.807, 2.05) is 11.3 Å². The van der Waals surface area contributed by atoms with Gasteiger partial charge in [0.2, 0.25) is 0 Å². The average molecular weight is 267 g/mol. The van der Waals surface area contributed by atoms with Crippen molar-refractivity contribution in [3.63, 3.8) is 0 Å². The maximum Gasteiger partial charge on any atom is 0.0476 e. The summed E-state index contributed by atoms with van der Waals surface area (Å²) in [6, 6.07) is 5.53. The molecule has 3 heteroatoms. The maximum absolute atomic E-state index is 5.17. The summed E-state index contributed by atoms with van der Waals surface area (Å²) in [5.41, 5.74) is 0. The topological polar surface area (TPSA) is 21.3 Å². The van der Waals surface area contributed by atoms with Gasteiger partial charge in [0, 0.05) is 30.7 Å². The first-order valence-electron chi connectivity index (χ1n) is 7.09. The van der Waals surface area contributed by atoms with Crippen molar-refractivity contribution >= 4 is 11.3 Å². The fourth-order valence-electron chi connectivity index (χ4n) is 2.89. The summed E-state index contributed by atoms with van der Waals surface area (Å²) in [5.74, 6) is 0.827. The Kier molecular flexibility index (Phi) is 5.67. The third kappa shape index (κ3) is 3.81. The highest BCUT2D eigenvalue weighted by molar-refractivity contribution is 7.10. The lowest BCUT2D eigenvalue weighted by Crippen LogP contribution is -2.34. The summed E-state index contributed by atoms with van der Waals surface area (Å²) in [7, 11) is 1.78. The van der Waals surface area contributed by atoms with E-state index < -0.39 is 0 Å². The molecule has 1 aliphatic carbocycles. The standard InChI is InChI=1S/C15H25NOS/c1-12(9-10-17-2)16-15(13-6-3-4-7-13)14-8-5-11-18-14/h5,8,11-13,15-16H,3-4,6-7,9-10H2,1-2H3. The van der Waals surface area contributed by atoms with Gasteiger partial charge in [0.1, 0.15) is 0 Å². The fourth-order valence-corrected chi connectivity index (χ4v) is 3.77. The Bertz CT molecular complexity index is 319. The summed E-state index contributed by atoms with van der Waals surface area (Å²) in [6.07, 6.45) is 6.66. The molecule has 0 amide bonds. The van der Waals surface area contributed by atoms with Gasteiger partial charge in [-0.05, 0) is 43.6 Å². The Morgan fingerprint density at radius 2 is 2.22 bits per heavy atom. The highest BCUT2D eigenvalue weighted by atomic mass is 32.1. The Balaban J connectivity index is 1.96. The van der Waals surface area contributed by atoms with Crippen LogP contribution < -0.4 is 5.32 Å². The third-order valence-corrected chi connectivity index (χ3v) is 4.90. The molecule has 102 valence electrons. The van der Waals surface area contributed by atoms with Gasteiger partial charge in [-0.3, -0.25) is 0 Å². The smallest absolute Gasteiger partial charge is 0.0476 e.